The molecule has 1 unspecified atom stereocenters. The van der Waals surface area contributed by atoms with Crippen molar-refractivity contribution in [2.45, 2.75) is 32.2 Å². The molecule has 1 aromatic heterocycles. The summed E-state index contributed by atoms with van der Waals surface area (Å²) < 4.78 is 0. The van der Waals surface area contributed by atoms with E-state index in [4.69, 9.17) is 0 Å². The van der Waals surface area contributed by atoms with E-state index in [0.29, 0.717) is 0 Å². The number of fused-ring (bicyclic) bond motifs is 1. The van der Waals surface area contributed by atoms with Crippen LogP contribution >= 0.6 is 0 Å². The topological polar surface area (TPSA) is 40.7 Å². The molecule has 1 aromatic carbocycles. The average molecular weight is 241 g/mol. The van der Waals surface area contributed by atoms with Crippen LogP contribution in [0.15, 0.2) is 30.5 Å². The second kappa shape index (κ2) is 4.94. The van der Waals surface area contributed by atoms with Crippen molar-refractivity contribution in [2.24, 2.45) is 0 Å². The van der Waals surface area contributed by atoms with Crippen LogP contribution in [0, 0.1) is 0 Å². The van der Waals surface area contributed by atoms with Gasteiger partial charge in [-0.2, -0.15) is 5.10 Å². The van der Waals surface area contributed by atoms with Crippen molar-refractivity contribution in [3.63, 3.8) is 0 Å². The Morgan fingerprint density at radius 1 is 1.28 bits per heavy atom. The molecule has 2 N–H and O–H groups in total. The standard InChI is InChI=1S/C15H19N3/c1-2-16-15(14-8-9-17-18-14)13-7-6-11-4-3-5-12(11)10-13/h6-10,15-16H,2-5H2,1H3,(H,17,18). The molecule has 0 fully saturated rings. The van der Waals surface area contributed by atoms with Crippen molar-refractivity contribution in [1.82, 2.24) is 15.5 Å². The van der Waals surface area contributed by atoms with E-state index in [1.165, 1.54) is 36.0 Å². The van der Waals surface area contributed by atoms with E-state index >= 15 is 0 Å². The Hall–Kier alpha value is -1.61. The summed E-state index contributed by atoms with van der Waals surface area (Å²) >= 11 is 0. The van der Waals surface area contributed by atoms with Gasteiger partial charge in [-0.1, -0.05) is 25.1 Å². The number of aromatic amines is 1. The van der Waals surface area contributed by atoms with E-state index in [2.05, 4.69) is 40.6 Å². The maximum Gasteiger partial charge on any atom is 0.0745 e. The molecule has 1 heterocycles. The van der Waals surface area contributed by atoms with Gasteiger partial charge < -0.3 is 5.32 Å². The molecule has 0 amide bonds. The van der Waals surface area contributed by atoms with Crippen LogP contribution in [0.2, 0.25) is 0 Å². The Kier molecular flexibility index (Phi) is 3.15. The van der Waals surface area contributed by atoms with Gasteiger partial charge in [-0.05, 0) is 48.6 Å². The highest BCUT2D eigenvalue weighted by atomic mass is 15.1. The minimum atomic E-state index is 0.225. The first-order chi connectivity index (χ1) is 8.88. The fourth-order valence-corrected chi connectivity index (χ4v) is 2.81. The quantitative estimate of drug-likeness (QED) is 0.864. The van der Waals surface area contributed by atoms with Gasteiger partial charge in [0.15, 0.2) is 0 Å². The Morgan fingerprint density at radius 3 is 2.94 bits per heavy atom. The molecule has 3 rings (SSSR count). The highest BCUT2D eigenvalue weighted by molar-refractivity contribution is 5.38. The molecule has 2 aromatic rings. The molecule has 0 radical (unpaired) electrons. The van der Waals surface area contributed by atoms with Gasteiger partial charge in [0.25, 0.3) is 0 Å². The number of benzene rings is 1. The van der Waals surface area contributed by atoms with Gasteiger partial charge in [0.2, 0.25) is 0 Å². The molecule has 0 spiro atoms. The summed E-state index contributed by atoms with van der Waals surface area (Å²) in [7, 11) is 0. The van der Waals surface area contributed by atoms with Crippen molar-refractivity contribution in [3.8, 4) is 0 Å². The maximum absolute atomic E-state index is 4.06. The third kappa shape index (κ3) is 2.06. The molecule has 3 nitrogen and oxygen atoms in total. The van der Waals surface area contributed by atoms with E-state index < -0.39 is 0 Å². The van der Waals surface area contributed by atoms with E-state index in [1.54, 1.807) is 0 Å². The molecule has 3 heteroatoms. The maximum atomic E-state index is 4.06. The second-order valence-electron chi connectivity index (χ2n) is 4.88. The monoisotopic (exact) mass is 241 g/mol. The SMILES string of the molecule is CCNC(c1ccc2c(c1)CCC2)c1ccn[nH]1. The van der Waals surface area contributed by atoms with Crippen LogP contribution in [0.3, 0.4) is 0 Å². The smallest absolute Gasteiger partial charge is 0.0745 e. The van der Waals surface area contributed by atoms with Crippen LogP contribution in [0.1, 0.15) is 41.8 Å². The number of nitrogens with zero attached hydrogens (tertiary/aromatic N) is 1. The summed E-state index contributed by atoms with van der Waals surface area (Å²) in [5.74, 6) is 0. The third-order valence-electron chi connectivity index (χ3n) is 3.70. The minimum Gasteiger partial charge on any atom is -0.305 e. The number of hydrogen-bond acceptors (Lipinski definition) is 2. The number of nitrogens with one attached hydrogen (secondary N) is 2. The summed E-state index contributed by atoms with van der Waals surface area (Å²) in [6, 6.07) is 9.16. The average Bonchev–Trinajstić information content (AvgIpc) is 3.05. The van der Waals surface area contributed by atoms with Gasteiger partial charge >= 0.3 is 0 Å². The summed E-state index contributed by atoms with van der Waals surface area (Å²) in [6.07, 6.45) is 5.58. The van der Waals surface area contributed by atoms with E-state index in [-0.39, 0.29) is 6.04 Å². The normalized spacial score (nSPS) is 15.6. The first-order valence-corrected chi connectivity index (χ1v) is 6.73. The Balaban J connectivity index is 1.95. The predicted molar refractivity (Wildman–Crippen MR) is 72.6 cm³/mol. The Morgan fingerprint density at radius 2 is 2.17 bits per heavy atom. The van der Waals surface area contributed by atoms with Gasteiger partial charge in [-0.3, -0.25) is 5.10 Å². The van der Waals surface area contributed by atoms with Gasteiger partial charge in [0.1, 0.15) is 0 Å². The van der Waals surface area contributed by atoms with Crippen molar-refractivity contribution in [1.29, 1.82) is 0 Å². The summed E-state index contributed by atoms with van der Waals surface area (Å²) in [5.41, 5.74) is 5.52. The van der Waals surface area contributed by atoms with Crippen molar-refractivity contribution in [2.75, 3.05) is 6.54 Å². The molecule has 0 aliphatic heterocycles. The fourth-order valence-electron chi connectivity index (χ4n) is 2.81. The summed E-state index contributed by atoms with van der Waals surface area (Å²) in [6.45, 7) is 3.08. The van der Waals surface area contributed by atoms with Crippen molar-refractivity contribution in [3.05, 3.63) is 52.8 Å². The van der Waals surface area contributed by atoms with Crippen LogP contribution in [0.5, 0.6) is 0 Å². The van der Waals surface area contributed by atoms with Gasteiger partial charge in [0.05, 0.1) is 11.7 Å². The molecular weight excluding hydrogens is 222 g/mol. The zero-order valence-corrected chi connectivity index (χ0v) is 10.7. The van der Waals surface area contributed by atoms with Crippen LogP contribution in [0.25, 0.3) is 0 Å². The number of hydrogen-bond donors (Lipinski definition) is 2. The van der Waals surface area contributed by atoms with Crippen LogP contribution in [-0.4, -0.2) is 16.7 Å². The van der Waals surface area contributed by atoms with Gasteiger partial charge in [-0.15, -0.1) is 0 Å². The summed E-state index contributed by atoms with van der Waals surface area (Å²) in [5, 5.41) is 10.7. The molecule has 1 atom stereocenters. The predicted octanol–water partition coefficient (Wildman–Crippen LogP) is 2.60. The van der Waals surface area contributed by atoms with E-state index in [1.807, 2.05) is 12.3 Å². The zero-order chi connectivity index (χ0) is 12.4. The molecular formula is C15H19N3. The second-order valence-corrected chi connectivity index (χ2v) is 4.88. The van der Waals surface area contributed by atoms with Crippen molar-refractivity contribution < 1.29 is 0 Å². The highest BCUT2D eigenvalue weighted by Gasteiger charge is 2.17. The molecule has 0 saturated heterocycles. The minimum absolute atomic E-state index is 0.225. The van der Waals surface area contributed by atoms with Crippen LogP contribution < -0.4 is 5.32 Å². The largest absolute Gasteiger partial charge is 0.305 e. The van der Waals surface area contributed by atoms with E-state index in [0.717, 1.165) is 12.2 Å². The third-order valence-corrected chi connectivity index (χ3v) is 3.70. The van der Waals surface area contributed by atoms with Crippen molar-refractivity contribution >= 4 is 0 Å². The summed E-state index contributed by atoms with van der Waals surface area (Å²) in [4.78, 5) is 0. The number of aryl methyl sites for hydroxylation is 2. The first kappa shape index (κ1) is 11.5. The number of H-pyrrole nitrogens is 1. The molecule has 0 saturated carbocycles. The lowest BCUT2D eigenvalue weighted by molar-refractivity contribution is 0.613. The highest BCUT2D eigenvalue weighted by Crippen LogP contribution is 2.27. The van der Waals surface area contributed by atoms with E-state index in [9.17, 15) is 0 Å². The number of aromatic nitrogens is 2. The fraction of sp³-hybridized carbons (Fsp3) is 0.400. The molecule has 94 valence electrons. The lowest BCUT2D eigenvalue weighted by Gasteiger charge is -2.17. The first-order valence-electron chi connectivity index (χ1n) is 6.73. The Bertz CT molecular complexity index is 517. The van der Waals surface area contributed by atoms with Crippen LogP contribution in [-0.2, 0) is 12.8 Å². The van der Waals surface area contributed by atoms with Gasteiger partial charge in [-0.25, -0.2) is 0 Å². The molecule has 0 bridgehead atoms. The zero-order valence-electron chi connectivity index (χ0n) is 10.7. The molecule has 18 heavy (non-hydrogen) atoms. The Labute approximate surface area is 108 Å². The lowest BCUT2D eigenvalue weighted by Crippen LogP contribution is -2.22. The van der Waals surface area contributed by atoms with Crippen LogP contribution in [0.4, 0.5) is 0 Å². The van der Waals surface area contributed by atoms with Gasteiger partial charge in [0, 0.05) is 6.20 Å². The molecule has 1 aliphatic carbocycles. The lowest BCUT2D eigenvalue weighted by atomic mass is 9.99. The number of rotatable bonds is 4. The molecule has 1 aliphatic rings.